The highest BCUT2D eigenvalue weighted by Gasteiger charge is 2.08. The zero-order chi connectivity index (χ0) is 17.2. The molecule has 126 valence electrons. The highest BCUT2D eigenvalue weighted by Crippen LogP contribution is 2.10. The molecule has 0 spiro atoms. The molecule has 1 aromatic carbocycles. The third kappa shape index (κ3) is 7.91. The number of benzene rings is 1. The first-order valence-electron chi connectivity index (χ1n) is 6.80. The fourth-order valence-corrected chi connectivity index (χ4v) is 2.10. The molecule has 1 atom stereocenters. The number of hydrogen-bond acceptors (Lipinski definition) is 4. The molecule has 23 heavy (non-hydrogen) atoms. The molecule has 2 amide bonds. The van der Waals surface area contributed by atoms with E-state index in [1.807, 2.05) is 6.92 Å². The highest BCUT2D eigenvalue weighted by atomic mass is 79.9. The fraction of sp³-hybridized carbons (Fsp3) is 0.357. The third-order valence-corrected chi connectivity index (χ3v) is 3.37. The average Bonchev–Trinajstić information content (AvgIpc) is 2.51. The summed E-state index contributed by atoms with van der Waals surface area (Å²) in [4.78, 5) is 23.5. The molecule has 9 heteroatoms. The van der Waals surface area contributed by atoms with E-state index in [-0.39, 0.29) is 23.6 Å². The van der Waals surface area contributed by atoms with Crippen LogP contribution in [0.5, 0.6) is 0 Å². The molecule has 1 rings (SSSR count). The largest absolute Gasteiger partial charge is 0.383 e. The first-order valence-corrected chi connectivity index (χ1v) is 8.00. The van der Waals surface area contributed by atoms with Crippen LogP contribution in [-0.2, 0) is 9.53 Å². The molecule has 0 unspecified atom stereocenters. The number of hydrogen-bond donors (Lipinski definition) is 4. The molecule has 1 aromatic rings. The van der Waals surface area contributed by atoms with Gasteiger partial charge in [-0.2, -0.15) is 0 Å². The van der Waals surface area contributed by atoms with E-state index in [9.17, 15) is 9.59 Å². The van der Waals surface area contributed by atoms with Gasteiger partial charge in [-0.25, -0.2) is 0 Å². The van der Waals surface area contributed by atoms with Crippen molar-refractivity contribution in [3.05, 3.63) is 34.3 Å². The van der Waals surface area contributed by atoms with Crippen molar-refractivity contribution >= 4 is 45.1 Å². The summed E-state index contributed by atoms with van der Waals surface area (Å²) in [6.45, 7) is 2.20. The second-order valence-electron chi connectivity index (χ2n) is 4.69. The number of rotatable bonds is 6. The molecular formula is C14H19BrN4O3S. The summed E-state index contributed by atoms with van der Waals surface area (Å²) in [5.74, 6) is -0.749. The first-order chi connectivity index (χ1) is 10.9. The predicted molar refractivity (Wildman–Crippen MR) is 94.8 cm³/mol. The van der Waals surface area contributed by atoms with Crippen molar-refractivity contribution in [2.45, 2.75) is 13.0 Å². The number of nitrogens with one attached hydrogen (secondary N) is 4. The van der Waals surface area contributed by atoms with E-state index >= 15 is 0 Å². The third-order valence-electron chi connectivity index (χ3n) is 2.63. The van der Waals surface area contributed by atoms with Gasteiger partial charge in [-0.15, -0.1) is 0 Å². The van der Waals surface area contributed by atoms with Crippen LogP contribution in [0.3, 0.4) is 0 Å². The van der Waals surface area contributed by atoms with Crippen molar-refractivity contribution < 1.29 is 14.3 Å². The van der Waals surface area contributed by atoms with Crippen LogP contribution in [-0.4, -0.2) is 43.2 Å². The summed E-state index contributed by atoms with van der Waals surface area (Å²) in [7, 11) is 1.59. The zero-order valence-corrected chi connectivity index (χ0v) is 15.2. The predicted octanol–water partition coefficient (Wildman–Crippen LogP) is 0.709. The second-order valence-corrected chi connectivity index (χ2v) is 6.02. The number of hydrazine groups is 1. The van der Waals surface area contributed by atoms with Gasteiger partial charge in [0.2, 0.25) is 0 Å². The number of ether oxygens (including phenoxy) is 1. The number of methoxy groups -OCH3 is 1. The van der Waals surface area contributed by atoms with Gasteiger partial charge in [-0.1, -0.05) is 15.9 Å². The number of amides is 2. The summed E-state index contributed by atoms with van der Waals surface area (Å²) in [6.07, 6.45) is 0. The lowest BCUT2D eigenvalue weighted by Crippen LogP contribution is -2.52. The quantitative estimate of drug-likeness (QED) is 0.413. The van der Waals surface area contributed by atoms with Crippen LogP contribution in [0.2, 0.25) is 0 Å². The monoisotopic (exact) mass is 402 g/mol. The van der Waals surface area contributed by atoms with Gasteiger partial charge in [-0.05, 0) is 43.4 Å². The summed E-state index contributed by atoms with van der Waals surface area (Å²) in [5.41, 5.74) is 5.41. The Labute approximate surface area is 148 Å². The Bertz CT molecular complexity index is 553. The molecule has 0 aromatic heterocycles. The molecule has 0 heterocycles. The number of carbonyl (C=O) groups excluding carboxylic acids is 2. The van der Waals surface area contributed by atoms with E-state index < -0.39 is 5.91 Å². The number of thiocarbonyl (C=S) groups is 1. The molecule has 0 bridgehead atoms. The Morgan fingerprint density at radius 2 is 1.91 bits per heavy atom. The van der Waals surface area contributed by atoms with Crippen LogP contribution in [0.4, 0.5) is 0 Å². The van der Waals surface area contributed by atoms with Crippen LogP contribution in [0.25, 0.3) is 0 Å². The van der Waals surface area contributed by atoms with Gasteiger partial charge in [0.05, 0.1) is 13.2 Å². The number of halogens is 1. The van der Waals surface area contributed by atoms with E-state index in [1.54, 1.807) is 31.4 Å². The minimum atomic E-state index is -0.418. The van der Waals surface area contributed by atoms with Gasteiger partial charge in [0, 0.05) is 23.2 Å². The molecule has 7 nitrogen and oxygen atoms in total. The van der Waals surface area contributed by atoms with Crippen molar-refractivity contribution in [1.82, 2.24) is 21.5 Å². The Hall–Kier alpha value is -1.71. The summed E-state index contributed by atoms with van der Waals surface area (Å²) in [5, 5.41) is 5.70. The Morgan fingerprint density at radius 1 is 1.26 bits per heavy atom. The molecular weight excluding hydrogens is 384 g/mol. The summed E-state index contributed by atoms with van der Waals surface area (Å²) < 4.78 is 5.83. The Balaban J connectivity index is 2.27. The lowest BCUT2D eigenvalue weighted by molar-refractivity contribution is -0.120. The van der Waals surface area contributed by atoms with Crippen molar-refractivity contribution in [2.24, 2.45) is 0 Å². The van der Waals surface area contributed by atoms with Gasteiger partial charge in [-0.3, -0.25) is 20.4 Å². The maximum absolute atomic E-state index is 11.8. The van der Waals surface area contributed by atoms with Gasteiger partial charge in [0.1, 0.15) is 0 Å². The van der Waals surface area contributed by atoms with Gasteiger partial charge in [0.15, 0.2) is 5.11 Å². The molecule has 0 fully saturated rings. The molecule has 0 aliphatic heterocycles. The van der Waals surface area contributed by atoms with Gasteiger partial charge < -0.3 is 15.4 Å². The molecule has 0 saturated carbocycles. The van der Waals surface area contributed by atoms with Crippen LogP contribution in [0.1, 0.15) is 17.3 Å². The molecule has 0 aliphatic rings. The molecule has 4 N–H and O–H groups in total. The van der Waals surface area contributed by atoms with Gasteiger partial charge >= 0.3 is 0 Å². The van der Waals surface area contributed by atoms with Crippen molar-refractivity contribution in [2.75, 3.05) is 20.3 Å². The topological polar surface area (TPSA) is 91.5 Å². The summed E-state index contributed by atoms with van der Waals surface area (Å²) >= 11 is 8.29. The van der Waals surface area contributed by atoms with Crippen LogP contribution in [0.15, 0.2) is 28.7 Å². The highest BCUT2D eigenvalue weighted by molar-refractivity contribution is 9.10. The maximum atomic E-state index is 11.8. The molecule has 0 radical (unpaired) electrons. The van der Waals surface area contributed by atoms with Crippen LogP contribution in [0, 0.1) is 0 Å². The Morgan fingerprint density at radius 3 is 2.52 bits per heavy atom. The van der Waals surface area contributed by atoms with Crippen LogP contribution < -0.4 is 21.5 Å². The average molecular weight is 403 g/mol. The maximum Gasteiger partial charge on any atom is 0.257 e. The number of carbonyl (C=O) groups is 2. The van der Waals surface area contributed by atoms with E-state index in [0.29, 0.717) is 12.2 Å². The lowest BCUT2D eigenvalue weighted by Gasteiger charge is -2.16. The normalized spacial score (nSPS) is 11.3. The summed E-state index contributed by atoms with van der Waals surface area (Å²) in [6, 6.07) is 6.83. The van der Waals surface area contributed by atoms with E-state index in [2.05, 4.69) is 37.4 Å². The first kappa shape index (κ1) is 19.3. The van der Waals surface area contributed by atoms with E-state index in [0.717, 1.165) is 4.47 Å². The lowest BCUT2D eigenvalue weighted by atomic mass is 10.2. The molecule has 0 aliphatic carbocycles. The van der Waals surface area contributed by atoms with Crippen molar-refractivity contribution in [3.63, 3.8) is 0 Å². The second kappa shape index (κ2) is 10.1. The van der Waals surface area contributed by atoms with E-state index in [1.165, 1.54) is 0 Å². The van der Waals surface area contributed by atoms with E-state index in [4.69, 9.17) is 17.0 Å². The fourth-order valence-electron chi connectivity index (χ4n) is 1.59. The van der Waals surface area contributed by atoms with Crippen molar-refractivity contribution in [3.8, 4) is 0 Å². The minimum Gasteiger partial charge on any atom is -0.383 e. The Kier molecular flexibility index (Phi) is 8.52. The smallest absolute Gasteiger partial charge is 0.257 e. The SMILES string of the molecule is COC[C@@H](C)NC(=S)NNC(=O)CNC(=O)c1ccc(Br)cc1. The van der Waals surface area contributed by atoms with Gasteiger partial charge in [0.25, 0.3) is 11.8 Å². The zero-order valence-electron chi connectivity index (χ0n) is 12.8. The van der Waals surface area contributed by atoms with Crippen molar-refractivity contribution in [1.29, 1.82) is 0 Å². The standard InChI is InChI=1S/C14H19BrN4O3S/c1-9(8-22-2)17-14(23)19-18-12(20)7-16-13(21)10-3-5-11(15)6-4-10/h3-6,9H,7-8H2,1-2H3,(H,16,21)(H,18,20)(H2,17,19,23)/t9-/m1/s1. The van der Waals surface area contributed by atoms with Crippen LogP contribution >= 0.6 is 28.1 Å². The minimum absolute atomic E-state index is 0.00834. The molecule has 0 saturated heterocycles.